The van der Waals surface area contributed by atoms with Crippen LogP contribution in [0.2, 0.25) is 0 Å². The van der Waals surface area contributed by atoms with Crippen molar-refractivity contribution in [2.75, 3.05) is 13.7 Å². The van der Waals surface area contributed by atoms with Gasteiger partial charge in [0.2, 0.25) is 5.88 Å². The van der Waals surface area contributed by atoms with Gasteiger partial charge in [-0.15, -0.1) is 0 Å². The number of benzene rings is 1. The van der Waals surface area contributed by atoms with Crippen LogP contribution in [-0.4, -0.2) is 29.8 Å². The van der Waals surface area contributed by atoms with E-state index in [0.29, 0.717) is 29.2 Å². The number of thiazole rings is 1. The fraction of sp³-hybridized carbons (Fsp3) is 0.333. The van der Waals surface area contributed by atoms with Gasteiger partial charge in [-0.1, -0.05) is 23.5 Å². The summed E-state index contributed by atoms with van der Waals surface area (Å²) >= 11 is 0.963. The molecule has 0 fully saturated rings. The summed E-state index contributed by atoms with van der Waals surface area (Å²) < 4.78 is 10.2. The van der Waals surface area contributed by atoms with Crippen LogP contribution >= 0.6 is 11.3 Å². The number of hydrogen-bond donors (Lipinski definition) is 2. The molecule has 0 bridgehead atoms. The highest BCUT2D eigenvalue weighted by molar-refractivity contribution is 7.09. The number of H-pyrrole nitrogens is 1. The zero-order valence-corrected chi connectivity index (χ0v) is 13.2. The Hall–Kier alpha value is -2.28. The van der Waals surface area contributed by atoms with Crippen LogP contribution in [0.25, 0.3) is 0 Å². The van der Waals surface area contributed by atoms with Crippen molar-refractivity contribution in [2.45, 2.75) is 19.8 Å². The van der Waals surface area contributed by atoms with E-state index in [-0.39, 0.29) is 23.1 Å². The van der Waals surface area contributed by atoms with Crippen LogP contribution in [0.5, 0.6) is 11.6 Å². The molecule has 0 aliphatic carbocycles. The lowest BCUT2D eigenvalue weighted by Gasteiger charge is -2.10. The summed E-state index contributed by atoms with van der Waals surface area (Å²) in [5.41, 5.74) is 1.58. The van der Waals surface area contributed by atoms with Crippen molar-refractivity contribution >= 4 is 17.3 Å². The summed E-state index contributed by atoms with van der Waals surface area (Å²) in [6.45, 7) is 2.08. The van der Waals surface area contributed by atoms with E-state index in [2.05, 4.69) is 4.98 Å². The highest BCUT2D eigenvalue weighted by atomic mass is 32.1. The van der Waals surface area contributed by atoms with Gasteiger partial charge in [-0.2, -0.15) is 0 Å². The second-order valence-electron chi connectivity index (χ2n) is 4.59. The maximum Gasteiger partial charge on any atom is 0.310 e. The monoisotopic (exact) mass is 323 g/mol. The van der Waals surface area contributed by atoms with E-state index in [4.69, 9.17) is 9.47 Å². The summed E-state index contributed by atoms with van der Waals surface area (Å²) in [6, 6.07) is 5.41. The van der Waals surface area contributed by atoms with Crippen molar-refractivity contribution in [3.8, 4) is 11.6 Å². The minimum Gasteiger partial charge on any atom is -0.496 e. The molecule has 0 amide bonds. The third-order valence-corrected chi connectivity index (χ3v) is 3.92. The summed E-state index contributed by atoms with van der Waals surface area (Å²) in [4.78, 5) is 25.4. The number of hydrogen-bond acceptors (Lipinski definition) is 6. The van der Waals surface area contributed by atoms with E-state index >= 15 is 0 Å². The molecule has 0 unspecified atom stereocenters. The summed E-state index contributed by atoms with van der Waals surface area (Å²) in [7, 11) is 1.54. The first-order valence-corrected chi connectivity index (χ1v) is 7.57. The molecule has 22 heavy (non-hydrogen) atoms. The number of aromatic hydroxyl groups is 1. The second kappa shape index (κ2) is 7.13. The molecule has 0 saturated carbocycles. The Bertz CT molecular complexity index is 719. The highest BCUT2D eigenvalue weighted by Crippen LogP contribution is 2.25. The molecule has 7 heteroatoms. The smallest absolute Gasteiger partial charge is 0.310 e. The van der Waals surface area contributed by atoms with E-state index in [9.17, 15) is 14.7 Å². The molecule has 2 aromatic rings. The lowest BCUT2D eigenvalue weighted by atomic mass is 10.0. The van der Waals surface area contributed by atoms with Gasteiger partial charge in [0.1, 0.15) is 5.75 Å². The Morgan fingerprint density at radius 3 is 2.77 bits per heavy atom. The molecule has 0 aliphatic rings. The molecular formula is C15H17NO5S. The maximum absolute atomic E-state index is 11.6. The number of ether oxygens (including phenoxy) is 2. The van der Waals surface area contributed by atoms with Crippen LogP contribution < -0.4 is 9.61 Å². The number of rotatable bonds is 6. The number of aromatic nitrogens is 1. The third kappa shape index (κ3) is 3.88. The lowest BCUT2D eigenvalue weighted by Crippen LogP contribution is -2.09. The standard InChI is InChI=1S/C15H17NO5S/c1-3-21-13(17)8-10-6-9(4-5-11(10)20-2)7-12-14(18)16-15(19)22-12/h4-6,18H,3,7-8H2,1-2H3,(H,16,19). The zero-order valence-electron chi connectivity index (χ0n) is 12.3. The summed E-state index contributed by atoms with van der Waals surface area (Å²) in [5, 5.41) is 9.63. The normalized spacial score (nSPS) is 10.5. The van der Waals surface area contributed by atoms with Crippen LogP contribution in [0.1, 0.15) is 22.9 Å². The minimum absolute atomic E-state index is 0.111. The van der Waals surface area contributed by atoms with E-state index < -0.39 is 0 Å². The molecule has 1 aromatic carbocycles. The van der Waals surface area contributed by atoms with Crippen LogP contribution in [0.15, 0.2) is 23.0 Å². The number of esters is 1. The highest BCUT2D eigenvalue weighted by Gasteiger charge is 2.13. The Balaban J connectivity index is 2.24. The van der Waals surface area contributed by atoms with Crippen molar-refractivity contribution in [3.63, 3.8) is 0 Å². The van der Waals surface area contributed by atoms with Crippen molar-refractivity contribution in [2.24, 2.45) is 0 Å². The Morgan fingerprint density at radius 1 is 1.41 bits per heavy atom. The molecular weight excluding hydrogens is 306 g/mol. The number of nitrogens with one attached hydrogen (secondary N) is 1. The first-order chi connectivity index (χ1) is 10.5. The van der Waals surface area contributed by atoms with Gasteiger partial charge in [-0.3, -0.25) is 14.6 Å². The SMILES string of the molecule is CCOC(=O)Cc1cc(Cc2sc(=O)[nH]c2O)ccc1OC. The molecule has 0 atom stereocenters. The second-order valence-corrected chi connectivity index (χ2v) is 5.66. The van der Waals surface area contributed by atoms with Gasteiger partial charge in [-0.05, 0) is 18.6 Å². The van der Waals surface area contributed by atoms with E-state index in [1.54, 1.807) is 13.0 Å². The van der Waals surface area contributed by atoms with Crippen LogP contribution in [-0.2, 0) is 22.4 Å². The average molecular weight is 323 g/mol. The number of carbonyl (C=O) groups is 1. The molecule has 6 nitrogen and oxygen atoms in total. The quantitative estimate of drug-likeness (QED) is 0.792. The predicted octanol–water partition coefficient (Wildman–Crippen LogP) is 1.85. The Labute approximate surface area is 131 Å². The van der Waals surface area contributed by atoms with Crippen LogP contribution in [0, 0.1) is 0 Å². The van der Waals surface area contributed by atoms with Gasteiger partial charge in [-0.25, -0.2) is 0 Å². The summed E-state index contributed by atoms with van der Waals surface area (Å²) in [6.07, 6.45) is 0.509. The van der Waals surface area contributed by atoms with Crippen molar-refractivity contribution < 1.29 is 19.4 Å². The Kier molecular flexibility index (Phi) is 5.21. The van der Waals surface area contributed by atoms with Crippen molar-refractivity contribution in [1.82, 2.24) is 4.98 Å². The number of methoxy groups -OCH3 is 1. The molecule has 0 radical (unpaired) electrons. The van der Waals surface area contributed by atoms with Crippen LogP contribution in [0.3, 0.4) is 0 Å². The van der Waals surface area contributed by atoms with Gasteiger partial charge < -0.3 is 14.6 Å². The zero-order chi connectivity index (χ0) is 16.1. The fourth-order valence-electron chi connectivity index (χ4n) is 2.10. The average Bonchev–Trinajstić information content (AvgIpc) is 2.77. The van der Waals surface area contributed by atoms with Crippen molar-refractivity contribution in [1.29, 1.82) is 0 Å². The minimum atomic E-state index is -0.327. The first-order valence-electron chi connectivity index (χ1n) is 6.75. The molecule has 0 saturated heterocycles. The largest absolute Gasteiger partial charge is 0.496 e. The predicted molar refractivity (Wildman–Crippen MR) is 82.7 cm³/mol. The molecule has 2 rings (SSSR count). The van der Waals surface area contributed by atoms with E-state index in [1.165, 1.54) is 7.11 Å². The molecule has 2 N–H and O–H groups in total. The maximum atomic E-state index is 11.6. The fourth-order valence-corrected chi connectivity index (χ4v) is 2.86. The third-order valence-electron chi connectivity index (χ3n) is 3.05. The Morgan fingerprint density at radius 2 is 2.18 bits per heavy atom. The van der Waals surface area contributed by atoms with Gasteiger partial charge in [0, 0.05) is 12.0 Å². The van der Waals surface area contributed by atoms with E-state index in [0.717, 1.165) is 16.9 Å². The lowest BCUT2D eigenvalue weighted by molar-refractivity contribution is -0.142. The van der Waals surface area contributed by atoms with Crippen molar-refractivity contribution in [3.05, 3.63) is 43.9 Å². The van der Waals surface area contributed by atoms with Gasteiger partial charge in [0.15, 0.2) is 0 Å². The molecule has 1 heterocycles. The molecule has 0 aliphatic heterocycles. The first kappa shape index (κ1) is 16.1. The van der Waals surface area contributed by atoms with Gasteiger partial charge in [0.05, 0.1) is 25.0 Å². The van der Waals surface area contributed by atoms with Gasteiger partial charge >= 0.3 is 10.8 Å². The molecule has 1 aromatic heterocycles. The molecule has 118 valence electrons. The van der Waals surface area contributed by atoms with Gasteiger partial charge in [0.25, 0.3) is 0 Å². The van der Waals surface area contributed by atoms with Crippen LogP contribution in [0.4, 0.5) is 0 Å². The summed E-state index contributed by atoms with van der Waals surface area (Å²) in [5.74, 6) is 0.160. The molecule has 0 spiro atoms. The number of carbonyl (C=O) groups excluding carboxylic acids is 1. The topological polar surface area (TPSA) is 88.6 Å². The van der Waals surface area contributed by atoms with E-state index in [1.807, 2.05) is 12.1 Å². The number of aromatic amines is 1.